The maximum Gasteiger partial charge on any atom is 0.312 e. The Kier molecular flexibility index (Phi) is 5.03. The number of pyridine rings is 1. The van der Waals surface area contributed by atoms with E-state index in [9.17, 15) is 10.1 Å². The number of aliphatic hydroxyl groups is 1. The average molecular weight is 318 g/mol. The van der Waals surface area contributed by atoms with Crippen molar-refractivity contribution >= 4 is 27.4 Å². The summed E-state index contributed by atoms with van der Waals surface area (Å²) in [4.78, 5) is 14.4. The van der Waals surface area contributed by atoms with Gasteiger partial charge in [0.15, 0.2) is 0 Å². The second kappa shape index (κ2) is 6.10. The number of halogens is 1. The van der Waals surface area contributed by atoms with Gasteiger partial charge in [-0.05, 0) is 27.8 Å². The Morgan fingerprint density at radius 1 is 1.61 bits per heavy atom. The number of hydrogen-bond donors (Lipinski definition) is 2. The van der Waals surface area contributed by atoms with Crippen molar-refractivity contribution in [1.29, 1.82) is 0 Å². The van der Waals surface area contributed by atoms with Gasteiger partial charge in [-0.3, -0.25) is 10.1 Å². The molecule has 1 rings (SSSR count). The Labute approximate surface area is 114 Å². The van der Waals surface area contributed by atoms with E-state index in [1.165, 1.54) is 12.3 Å². The first kappa shape index (κ1) is 14.8. The first-order chi connectivity index (χ1) is 8.35. The zero-order chi connectivity index (χ0) is 13.8. The lowest BCUT2D eigenvalue weighted by Crippen LogP contribution is -2.25. The van der Waals surface area contributed by atoms with Gasteiger partial charge in [-0.15, -0.1) is 0 Å². The van der Waals surface area contributed by atoms with Crippen molar-refractivity contribution in [3.05, 3.63) is 26.9 Å². The zero-order valence-corrected chi connectivity index (χ0v) is 11.9. The molecule has 1 aromatic rings. The van der Waals surface area contributed by atoms with Crippen LogP contribution in [0.2, 0.25) is 0 Å². The third-order valence-corrected chi connectivity index (χ3v) is 2.99. The Morgan fingerprint density at radius 2 is 2.28 bits per heavy atom. The monoisotopic (exact) mass is 317 g/mol. The molecule has 0 radical (unpaired) electrons. The van der Waals surface area contributed by atoms with Crippen molar-refractivity contribution in [1.82, 2.24) is 4.98 Å². The predicted molar refractivity (Wildman–Crippen MR) is 72.6 cm³/mol. The summed E-state index contributed by atoms with van der Waals surface area (Å²) in [6.07, 6.45) is 2.12. The smallest absolute Gasteiger partial charge is 0.312 e. The molecule has 0 bridgehead atoms. The summed E-state index contributed by atoms with van der Waals surface area (Å²) in [7, 11) is 0. The van der Waals surface area contributed by atoms with Gasteiger partial charge in [-0.1, -0.05) is 13.8 Å². The van der Waals surface area contributed by atoms with E-state index in [4.69, 9.17) is 5.11 Å². The topological polar surface area (TPSA) is 88.3 Å². The fraction of sp³-hybridized carbons (Fsp3) is 0.545. The Balaban J connectivity index is 2.82. The number of hydrogen-bond acceptors (Lipinski definition) is 5. The van der Waals surface area contributed by atoms with Gasteiger partial charge in [-0.25, -0.2) is 4.98 Å². The summed E-state index contributed by atoms with van der Waals surface area (Å²) in [6.45, 7) is 4.54. The lowest BCUT2D eigenvalue weighted by molar-refractivity contribution is -0.384. The van der Waals surface area contributed by atoms with E-state index in [1.54, 1.807) is 0 Å². The molecule has 0 spiro atoms. The Morgan fingerprint density at radius 3 is 2.83 bits per heavy atom. The quantitative estimate of drug-likeness (QED) is 0.622. The first-order valence-electron chi connectivity index (χ1n) is 5.50. The molecule has 0 aliphatic carbocycles. The Bertz CT molecular complexity index is 438. The van der Waals surface area contributed by atoms with Crippen LogP contribution < -0.4 is 5.32 Å². The molecule has 6 nitrogen and oxygen atoms in total. The highest BCUT2D eigenvalue weighted by atomic mass is 79.9. The van der Waals surface area contributed by atoms with E-state index in [1.807, 2.05) is 13.8 Å². The molecule has 0 aliphatic heterocycles. The number of nitrogens with one attached hydrogen (secondary N) is 1. The van der Waals surface area contributed by atoms with Crippen LogP contribution in [0.25, 0.3) is 0 Å². The molecule has 0 aromatic carbocycles. The minimum Gasteiger partial charge on any atom is -0.396 e. The van der Waals surface area contributed by atoms with Crippen LogP contribution in [0.3, 0.4) is 0 Å². The lowest BCUT2D eigenvalue weighted by atomic mass is 9.90. The fourth-order valence-corrected chi connectivity index (χ4v) is 1.74. The number of rotatable bonds is 6. The molecular weight excluding hydrogens is 302 g/mol. The molecule has 0 aliphatic rings. The van der Waals surface area contributed by atoms with Crippen molar-refractivity contribution in [2.24, 2.45) is 5.41 Å². The summed E-state index contributed by atoms with van der Waals surface area (Å²) in [5.74, 6) is 0.245. The van der Waals surface area contributed by atoms with Gasteiger partial charge in [0.05, 0.1) is 4.92 Å². The summed E-state index contributed by atoms with van der Waals surface area (Å²) < 4.78 is 0.564. The number of anilines is 1. The van der Waals surface area contributed by atoms with E-state index in [2.05, 4.69) is 26.2 Å². The molecule has 0 unspecified atom stereocenters. The average Bonchev–Trinajstić information content (AvgIpc) is 2.27. The first-order valence-corrected chi connectivity index (χ1v) is 6.30. The minimum absolute atomic E-state index is 0.0656. The second-order valence-corrected chi connectivity index (χ2v) is 5.69. The van der Waals surface area contributed by atoms with Crippen molar-refractivity contribution in [2.45, 2.75) is 20.3 Å². The van der Waals surface area contributed by atoms with Gasteiger partial charge in [-0.2, -0.15) is 0 Å². The third-order valence-electron chi connectivity index (χ3n) is 2.55. The maximum atomic E-state index is 10.9. The molecule has 18 heavy (non-hydrogen) atoms. The van der Waals surface area contributed by atoms with Gasteiger partial charge in [0, 0.05) is 29.9 Å². The maximum absolute atomic E-state index is 10.9. The molecule has 0 amide bonds. The molecule has 100 valence electrons. The van der Waals surface area contributed by atoms with Crippen LogP contribution in [0, 0.1) is 15.5 Å². The van der Waals surface area contributed by atoms with E-state index >= 15 is 0 Å². The van der Waals surface area contributed by atoms with Crippen LogP contribution in [0.5, 0.6) is 0 Å². The molecule has 7 heteroatoms. The standard InChI is InChI=1S/C11H16BrN3O3/c1-11(2,3-4-16)7-14-10-9(15(17)18)5-8(12)6-13-10/h5-6,16H,3-4,7H2,1-2H3,(H,13,14). The number of aliphatic hydroxyl groups excluding tert-OH is 1. The van der Waals surface area contributed by atoms with Crippen LogP contribution in [0.4, 0.5) is 11.5 Å². The summed E-state index contributed by atoms with van der Waals surface area (Å²) >= 11 is 3.15. The van der Waals surface area contributed by atoms with E-state index < -0.39 is 4.92 Å². The zero-order valence-electron chi connectivity index (χ0n) is 10.3. The molecular formula is C11H16BrN3O3. The molecule has 1 aromatic heterocycles. The third kappa shape index (κ3) is 4.23. The van der Waals surface area contributed by atoms with E-state index in [0.29, 0.717) is 17.4 Å². The highest BCUT2D eigenvalue weighted by Crippen LogP contribution is 2.27. The van der Waals surface area contributed by atoms with Crippen LogP contribution >= 0.6 is 15.9 Å². The second-order valence-electron chi connectivity index (χ2n) is 4.77. The number of aromatic nitrogens is 1. The van der Waals surface area contributed by atoms with Crippen molar-refractivity contribution in [2.75, 3.05) is 18.5 Å². The van der Waals surface area contributed by atoms with Gasteiger partial charge < -0.3 is 10.4 Å². The van der Waals surface area contributed by atoms with Crippen LogP contribution in [-0.4, -0.2) is 28.2 Å². The normalized spacial score (nSPS) is 11.3. The van der Waals surface area contributed by atoms with Crippen LogP contribution in [0.1, 0.15) is 20.3 Å². The highest BCUT2D eigenvalue weighted by molar-refractivity contribution is 9.10. The van der Waals surface area contributed by atoms with Gasteiger partial charge >= 0.3 is 5.69 Å². The van der Waals surface area contributed by atoms with Gasteiger partial charge in [0.25, 0.3) is 0 Å². The molecule has 0 atom stereocenters. The predicted octanol–water partition coefficient (Wildman–Crippen LogP) is 2.57. The summed E-state index contributed by atoms with van der Waals surface area (Å²) in [5, 5.41) is 22.8. The number of nitro groups is 1. The number of nitrogens with zero attached hydrogens (tertiary/aromatic N) is 2. The van der Waals surface area contributed by atoms with Crippen molar-refractivity contribution < 1.29 is 10.0 Å². The van der Waals surface area contributed by atoms with E-state index in [-0.39, 0.29) is 23.5 Å². The summed E-state index contributed by atoms with van der Waals surface area (Å²) in [6, 6.07) is 1.41. The van der Waals surface area contributed by atoms with Gasteiger partial charge in [0.2, 0.25) is 5.82 Å². The van der Waals surface area contributed by atoms with Crippen LogP contribution in [-0.2, 0) is 0 Å². The van der Waals surface area contributed by atoms with Crippen LogP contribution in [0.15, 0.2) is 16.7 Å². The highest BCUT2D eigenvalue weighted by Gasteiger charge is 2.21. The molecule has 1 heterocycles. The summed E-state index contributed by atoms with van der Waals surface area (Å²) in [5.41, 5.74) is -0.221. The molecule has 0 fully saturated rings. The molecule has 2 N–H and O–H groups in total. The van der Waals surface area contributed by atoms with E-state index in [0.717, 1.165) is 0 Å². The van der Waals surface area contributed by atoms with Crippen molar-refractivity contribution in [3.8, 4) is 0 Å². The van der Waals surface area contributed by atoms with Gasteiger partial charge in [0.1, 0.15) is 0 Å². The SMILES string of the molecule is CC(C)(CCO)CNc1ncc(Br)cc1[N+](=O)[O-]. The van der Waals surface area contributed by atoms with Crippen molar-refractivity contribution in [3.63, 3.8) is 0 Å². The minimum atomic E-state index is -0.473. The largest absolute Gasteiger partial charge is 0.396 e. The molecule has 0 saturated heterocycles. The molecule has 0 saturated carbocycles. The Hall–Kier alpha value is -1.21. The fourth-order valence-electron chi connectivity index (χ4n) is 1.42. The lowest BCUT2D eigenvalue weighted by Gasteiger charge is -2.23.